The molecule has 0 spiro atoms. The zero-order valence-electron chi connectivity index (χ0n) is 9.08. The maximum absolute atomic E-state index is 10.7. The minimum Gasteiger partial charge on any atom is -0.492 e. The smallest absolute Gasteiger partial charge is 0.245 e. The molecular formula is C11H13Cl2NO3. The first-order chi connectivity index (χ1) is 8.13. The highest BCUT2D eigenvalue weighted by Gasteiger charge is 2.02. The van der Waals surface area contributed by atoms with Crippen LogP contribution in [-0.2, 0) is 4.79 Å². The molecule has 0 aliphatic rings. The van der Waals surface area contributed by atoms with Gasteiger partial charge in [0, 0.05) is 11.6 Å². The van der Waals surface area contributed by atoms with Crippen LogP contribution in [0.15, 0.2) is 18.2 Å². The molecule has 0 unspecified atom stereocenters. The predicted molar refractivity (Wildman–Crippen MR) is 66.7 cm³/mol. The van der Waals surface area contributed by atoms with Crippen molar-refractivity contribution < 1.29 is 14.6 Å². The van der Waals surface area contributed by atoms with E-state index in [-0.39, 0.29) is 0 Å². The second kappa shape index (κ2) is 7.37. The molecule has 17 heavy (non-hydrogen) atoms. The number of carbonyl (C=O) groups is 1. The lowest BCUT2D eigenvalue weighted by Crippen LogP contribution is -2.27. The number of aliphatic hydroxyl groups is 1. The van der Waals surface area contributed by atoms with Crippen molar-refractivity contribution >= 4 is 29.1 Å². The van der Waals surface area contributed by atoms with Crippen LogP contribution >= 0.6 is 23.2 Å². The van der Waals surface area contributed by atoms with Gasteiger partial charge in [-0.2, -0.15) is 0 Å². The second-order valence-corrected chi connectivity index (χ2v) is 4.13. The SMILES string of the molecule is O=C(CO)NCCCOc1ccc(Cl)cc1Cl. The molecule has 1 rings (SSSR count). The maximum Gasteiger partial charge on any atom is 0.245 e. The van der Waals surface area contributed by atoms with Gasteiger partial charge >= 0.3 is 0 Å². The summed E-state index contributed by atoms with van der Waals surface area (Å²) in [6.07, 6.45) is 0.630. The normalized spacial score (nSPS) is 10.1. The number of nitrogens with one attached hydrogen (secondary N) is 1. The van der Waals surface area contributed by atoms with Crippen molar-refractivity contribution in [2.45, 2.75) is 6.42 Å². The molecule has 94 valence electrons. The molecule has 0 aromatic heterocycles. The second-order valence-electron chi connectivity index (χ2n) is 3.28. The zero-order chi connectivity index (χ0) is 12.7. The van der Waals surface area contributed by atoms with E-state index >= 15 is 0 Å². The Morgan fingerprint density at radius 2 is 2.18 bits per heavy atom. The molecule has 0 saturated carbocycles. The largest absolute Gasteiger partial charge is 0.492 e. The molecule has 0 atom stereocenters. The molecule has 1 aromatic carbocycles. The van der Waals surface area contributed by atoms with E-state index in [2.05, 4.69) is 5.32 Å². The predicted octanol–water partition coefficient (Wildman–Crippen LogP) is 1.87. The molecule has 4 nitrogen and oxygen atoms in total. The Hall–Kier alpha value is -0.970. The van der Waals surface area contributed by atoms with Crippen LogP contribution in [-0.4, -0.2) is 30.8 Å². The highest BCUT2D eigenvalue weighted by atomic mass is 35.5. The highest BCUT2D eigenvalue weighted by Crippen LogP contribution is 2.27. The molecule has 6 heteroatoms. The standard InChI is InChI=1S/C11H13Cl2NO3/c12-8-2-3-10(9(13)6-8)17-5-1-4-14-11(16)7-15/h2-3,6,15H,1,4-5,7H2,(H,14,16). The number of hydrogen-bond acceptors (Lipinski definition) is 3. The van der Waals surface area contributed by atoms with Gasteiger partial charge < -0.3 is 15.2 Å². The number of ether oxygens (including phenoxy) is 1. The Bertz CT molecular complexity index is 385. The van der Waals surface area contributed by atoms with Gasteiger partial charge in [-0.05, 0) is 24.6 Å². The highest BCUT2D eigenvalue weighted by molar-refractivity contribution is 6.35. The molecular weight excluding hydrogens is 265 g/mol. The van der Waals surface area contributed by atoms with Crippen LogP contribution in [0.2, 0.25) is 10.0 Å². The number of hydrogen-bond donors (Lipinski definition) is 2. The molecule has 0 saturated heterocycles. The molecule has 1 amide bonds. The number of amides is 1. The van der Waals surface area contributed by atoms with E-state index in [0.29, 0.717) is 35.4 Å². The van der Waals surface area contributed by atoms with Crippen LogP contribution in [0.5, 0.6) is 5.75 Å². The van der Waals surface area contributed by atoms with Crippen molar-refractivity contribution in [2.24, 2.45) is 0 Å². The van der Waals surface area contributed by atoms with Crippen LogP contribution in [0.4, 0.5) is 0 Å². The van der Waals surface area contributed by atoms with Crippen molar-refractivity contribution in [1.82, 2.24) is 5.32 Å². The lowest BCUT2D eigenvalue weighted by atomic mass is 10.3. The summed E-state index contributed by atoms with van der Waals surface area (Å²) in [6.45, 7) is 0.377. The van der Waals surface area contributed by atoms with Crippen LogP contribution < -0.4 is 10.1 Å². The summed E-state index contributed by atoms with van der Waals surface area (Å²) in [6, 6.07) is 4.99. The fraction of sp³-hybridized carbons (Fsp3) is 0.364. The molecule has 0 fully saturated rings. The van der Waals surface area contributed by atoms with Crippen LogP contribution in [0, 0.1) is 0 Å². The molecule has 0 aliphatic carbocycles. The summed E-state index contributed by atoms with van der Waals surface area (Å²) < 4.78 is 5.40. The molecule has 0 aliphatic heterocycles. The molecule has 2 N–H and O–H groups in total. The summed E-state index contributed by atoms with van der Waals surface area (Å²) >= 11 is 11.6. The quantitative estimate of drug-likeness (QED) is 0.781. The fourth-order valence-electron chi connectivity index (χ4n) is 1.13. The van der Waals surface area contributed by atoms with E-state index in [1.807, 2.05) is 0 Å². The van der Waals surface area contributed by atoms with E-state index in [4.69, 9.17) is 33.0 Å². The number of aliphatic hydroxyl groups excluding tert-OH is 1. The molecule has 1 aromatic rings. The lowest BCUT2D eigenvalue weighted by molar-refractivity contribution is -0.123. The summed E-state index contributed by atoms with van der Waals surface area (Å²) in [5.41, 5.74) is 0. The van der Waals surface area contributed by atoms with Gasteiger partial charge in [0.2, 0.25) is 5.91 Å². The van der Waals surface area contributed by atoms with Crippen molar-refractivity contribution in [3.8, 4) is 5.75 Å². The summed E-state index contributed by atoms with van der Waals surface area (Å²) in [7, 11) is 0. The summed E-state index contributed by atoms with van der Waals surface area (Å²) in [5.74, 6) is 0.166. The number of rotatable bonds is 6. The summed E-state index contributed by atoms with van der Waals surface area (Å²) in [4.78, 5) is 10.7. The van der Waals surface area contributed by atoms with Gasteiger partial charge in [-0.15, -0.1) is 0 Å². The average Bonchev–Trinajstić information content (AvgIpc) is 2.30. The first-order valence-electron chi connectivity index (χ1n) is 5.09. The third kappa shape index (κ3) is 5.26. The van der Waals surface area contributed by atoms with E-state index in [1.54, 1.807) is 18.2 Å². The van der Waals surface area contributed by atoms with Crippen molar-refractivity contribution in [3.63, 3.8) is 0 Å². The fourth-order valence-corrected chi connectivity index (χ4v) is 1.59. The number of halogens is 2. The Morgan fingerprint density at radius 1 is 1.41 bits per heavy atom. The molecule has 0 bridgehead atoms. The molecule has 0 heterocycles. The van der Waals surface area contributed by atoms with E-state index in [9.17, 15) is 4.79 Å². The van der Waals surface area contributed by atoms with Gasteiger partial charge in [0.05, 0.1) is 11.6 Å². The number of carbonyl (C=O) groups excluding carboxylic acids is 1. The maximum atomic E-state index is 10.7. The van der Waals surface area contributed by atoms with Crippen molar-refractivity contribution in [3.05, 3.63) is 28.2 Å². The van der Waals surface area contributed by atoms with Gasteiger partial charge in [-0.3, -0.25) is 4.79 Å². The zero-order valence-corrected chi connectivity index (χ0v) is 10.6. The Labute approximate surface area is 109 Å². The van der Waals surface area contributed by atoms with Crippen molar-refractivity contribution in [2.75, 3.05) is 19.8 Å². The third-order valence-electron chi connectivity index (χ3n) is 1.94. The van der Waals surface area contributed by atoms with Gasteiger partial charge in [0.15, 0.2) is 0 Å². The Balaban J connectivity index is 2.24. The van der Waals surface area contributed by atoms with Gasteiger partial charge in [0.25, 0.3) is 0 Å². The van der Waals surface area contributed by atoms with Crippen LogP contribution in [0.1, 0.15) is 6.42 Å². The number of benzene rings is 1. The first-order valence-corrected chi connectivity index (χ1v) is 5.84. The minimum atomic E-state index is -0.496. The summed E-state index contributed by atoms with van der Waals surface area (Å²) in [5, 5.41) is 12.0. The third-order valence-corrected chi connectivity index (χ3v) is 2.47. The van der Waals surface area contributed by atoms with Gasteiger partial charge in [-0.1, -0.05) is 23.2 Å². The minimum absolute atomic E-state index is 0.394. The van der Waals surface area contributed by atoms with E-state index < -0.39 is 12.5 Å². The first kappa shape index (κ1) is 14.1. The Morgan fingerprint density at radius 3 is 2.82 bits per heavy atom. The Kier molecular flexibility index (Phi) is 6.11. The molecule has 0 radical (unpaired) electrons. The topological polar surface area (TPSA) is 58.6 Å². The van der Waals surface area contributed by atoms with Gasteiger partial charge in [-0.25, -0.2) is 0 Å². The van der Waals surface area contributed by atoms with E-state index in [0.717, 1.165) is 0 Å². The lowest BCUT2D eigenvalue weighted by Gasteiger charge is -2.08. The van der Waals surface area contributed by atoms with Gasteiger partial charge in [0.1, 0.15) is 12.4 Å². The average molecular weight is 278 g/mol. The van der Waals surface area contributed by atoms with Crippen LogP contribution in [0.25, 0.3) is 0 Å². The van der Waals surface area contributed by atoms with Crippen molar-refractivity contribution in [1.29, 1.82) is 0 Å². The van der Waals surface area contributed by atoms with E-state index in [1.165, 1.54) is 0 Å². The monoisotopic (exact) mass is 277 g/mol. The van der Waals surface area contributed by atoms with Crippen LogP contribution in [0.3, 0.4) is 0 Å².